The summed E-state index contributed by atoms with van der Waals surface area (Å²) in [6, 6.07) is 8.48. The molecule has 2 heterocycles. The fourth-order valence-corrected chi connectivity index (χ4v) is 5.73. The molecule has 5 nitrogen and oxygen atoms in total. The minimum atomic E-state index is -2.07. The number of alkyl halides is 1. The van der Waals surface area contributed by atoms with Crippen LogP contribution in [0.2, 0.25) is 18.1 Å². The Bertz CT molecular complexity index is 1050. The van der Waals surface area contributed by atoms with Crippen LogP contribution in [0.25, 0.3) is 0 Å². The lowest BCUT2D eigenvalue weighted by Crippen LogP contribution is -2.44. The van der Waals surface area contributed by atoms with Crippen molar-refractivity contribution in [2.75, 3.05) is 23.9 Å². The third kappa shape index (κ3) is 4.81. The van der Waals surface area contributed by atoms with Crippen molar-refractivity contribution >= 4 is 31.5 Å². The molecule has 0 N–H and O–H groups in total. The van der Waals surface area contributed by atoms with Crippen molar-refractivity contribution in [2.24, 2.45) is 0 Å². The van der Waals surface area contributed by atoms with Crippen LogP contribution in [0.5, 0.6) is 5.88 Å². The first-order valence-electron chi connectivity index (χ1n) is 11.4. The number of halogens is 2. The van der Waals surface area contributed by atoms with Crippen LogP contribution in [0, 0.1) is 5.82 Å². The van der Waals surface area contributed by atoms with E-state index in [2.05, 4.69) is 33.9 Å². The van der Waals surface area contributed by atoms with Crippen molar-refractivity contribution in [3.8, 4) is 5.88 Å². The first-order chi connectivity index (χ1) is 15.5. The molecule has 4 rings (SSSR count). The summed E-state index contributed by atoms with van der Waals surface area (Å²) in [5.74, 6) is -0.105. The highest BCUT2D eigenvalue weighted by atomic mass is 35.5. The number of carbonyl (C=O) groups excluding carboxylic acids is 1. The Hall–Kier alpha value is -1.96. The summed E-state index contributed by atoms with van der Waals surface area (Å²) < 4.78 is 26.3. The molecule has 1 aliphatic heterocycles. The Balaban J connectivity index is 1.80. The van der Waals surface area contributed by atoms with Gasteiger partial charge in [-0.15, -0.1) is 11.6 Å². The van der Waals surface area contributed by atoms with Gasteiger partial charge in [-0.25, -0.2) is 9.37 Å². The maximum atomic E-state index is 13.5. The predicted octanol–water partition coefficient (Wildman–Crippen LogP) is 5.79. The number of anilines is 1. The van der Waals surface area contributed by atoms with Gasteiger partial charge in [0.1, 0.15) is 24.0 Å². The van der Waals surface area contributed by atoms with Crippen molar-refractivity contribution in [3.05, 3.63) is 53.0 Å². The van der Waals surface area contributed by atoms with E-state index in [-0.39, 0.29) is 22.6 Å². The zero-order valence-electron chi connectivity index (χ0n) is 20.0. The second-order valence-electron chi connectivity index (χ2n) is 10.5. The fourth-order valence-electron chi connectivity index (χ4n) is 4.00. The summed E-state index contributed by atoms with van der Waals surface area (Å²) >= 11 is 5.86. The highest BCUT2D eigenvalue weighted by Crippen LogP contribution is 2.55. The van der Waals surface area contributed by atoms with Gasteiger partial charge in [0, 0.05) is 0 Å². The maximum absolute atomic E-state index is 13.5. The number of rotatable bonds is 6. The number of aromatic nitrogens is 1. The van der Waals surface area contributed by atoms with Crippen molar-refractivity contribution in [2.45, 2.75) is 63.8 Å². The molecule has 1 fully saturated rings. The molecule has 33 heavy (non-hydrogen) atoms. The van der Waals surface area contributed by atoms with Gasteiger partial charge in [0.2, 0.25) is 11.8 Å². The van der Waals surface area contributed by atoms with Crippen molar-refractivity contribution < 1.29 is 18.3 Å². The number of nitrogens with zero attached hydrogens (tertiary/aromatic N) is 2. The van der Waals surface area contributed by atoms with Gasteiger partial charge >= 0.3 is 0 Å². The molecule has 1 aromatic carbocycles. The van der Waals surface area contributed by atoms with Crippen LogP contribution >= 0.6 is 11.6 Å². The molecule has 0 atom stereocenters. The van der Waals surface area contributed by atoms with Crippen LogP contribution in [-0.4, -0.2) is 38.2 Å². The standard InChI is InChI=1S/C25H32ClFN2O3Si/c1-24(2,3)33(4,5)32-25(10-11-25)22-18(14-17-6-8-19(27)9-7-17)15-20-23(28-22)31-13-12-29(20)21(30)16-26/h6-9,15H,10-14,16H2,1-5H3. The minimum absolute atomic E-state index is 0.0635. The molecule has 0 radical (unpaired) electrons. The molecule has 178 valence electrons. The topological polar surface area (TPSA) is 51.7 Å². The second-order valence-corrected chi connectivity index (χ2v) is 15.5. The summed E-state index contributed by atoms with van der Waals surface area (Å²) in [6.07, 6.45) is 2.35. The van der Waals surface area contributed by atoms with Crippen LogP contribution < -0.4 is 9.64 Å². The molecule has 1 aromatic heterocycles. The fraction of sp³-hybridized carbons (Fsp3) is 0.520. The Labute approximate surface area is 201 Å². The summed E-state index contributed by atoms with van der Waals surface area (Å²) in [5, 5.41) is 0.0635. The van der Waals surface area contributed by atoms with E-state index in [4.69, 9.17) is 25.7 Å². The number of amides is 1. The number of hydrogen-bond donors (Lipinski definition) is 0. The number of hydrogen-bond acceptors (Lipinski definition) is 4. The quantitative estimate of drug-likeness (QED) is 0.380. The van der Waals surface area contributed by atoms with E-state index >= 15 is 0 Å². The van der Waals surface area contributed by atoms with Crippen molar-refractivity contribution in [1.29, 1.82) is 0 Å². The molecule has 0 saturated heterocycles. The Morgan fingerprint density at radius 2 is 1.94 bits per heavy atom. The SMILES string of the molecule is CC(C)(C)[Si](C)(C)OC1(c2nc3c(cc2Cc2ccc(F)cc2)N(C(=O)CCl)CCO3)CC1. The van der Waals surface area contributed by atoms with Gasteiger partial charge in [-0.05, 0) is 66.7 Å². The maximum Gasteiger partial charge on any atom is 0.242 e. The molecule has 1 amide bonds. The summed E-state index contributed by atoms with van der Waals surface area (Å²) in [7, 11) is -2.07. The highest BCUT2D eigenvalue weighted by Gasteiger charge is 2.54. The lowest BCUT2D eigenvalue weighted by atomic mass is 9.99. The van der Waals surface area contributed by atoms with E-state index in [1.165, 1.54) is 12.1 Å². The van der Waals surface area contributed by atoms with Gasteiger partial charge in [-0.3, -0.25) is 4.79 Å². The Morgan fingerprint density at radius 1 is 1.27 bits per heavy atom. The average Bonchev–Trinajstić information content (AvgIpc) is 3.52. The van der Waals surface area contributed by atoms with E-state index in [0.717, 1.165) is 29.7 Å². The molecular formula is C25H32ClFN2O3Si. The Kier molecular flexibility index (Phi) is 6.35. The van der Waals surface area contributed by atoms with E-state index < -0.39 is 13.9 Å². The normalized spacial score (nSPS) is 17.4. The number of pyridine rings is 1. The van der Waals surface area contributed by atoms with Gasteiger partial charge < -0.3 is 14.1 Å². The first kappa shape index (κ1) is 24.2. The lowest BCUT2D eigenvalue weighted by molar-refractivity contribution is -0.116. The van der Waals surface area contributed by atoms with Crippen LogP contribution in [-0.2, 0) is 21.2 Å². The van der Waals surface area contributed by atoms with Crippen LogP contribution in [0.3, 0.4) is 0 Å². The molecule has 8 heteroatoms. The van der Waals surface area contributed by atoms with Crippen LogP contribution in [0.15, 0.2) is 30.3 Å². The molecular weight excluding hydrogens is 459 g/mol. The highest BCUT2D eigenvalue weighted by molar-refractivity contribution is 6.74. The summed E-state index contributed by atoms with van der Waals surface area (Å²) in [6.45, 7) is 12.0. The van der Waals surface area contributed by atoms with E-state index in [1.54, 1.807) is 17.0 Å². The predicted molar refractivity (Wildman–Crippen MR) is 131 cm³/mol. The van der Waals surface area contributed by atoms with E-state index in [9.17, 15) is 9.18 Å². The zero-order valence-corrected chi connectivity index (χ0v) is 21.8. The second kappa shape index (κ2) is 8.67. The van der Waals surface area contributed by atoms with E-state index in [0.29, 0.717) is 31.1 Å². The molecule has 2 aromatic rings. The van der Waals surface area contributed by atoms with Gasteiger partial charge in [0.15, 0.2) is 8.32 Å². The molecule has 1 saturated carbocycles. The molecule has 2 aliphatic rings. The van der Waals surface area contributed by atoms with Crippen molar-refractivity contribution in [1.82, 2.24) is 4.98 Å². The zero-order chi connectivity index (χ0) is 24.0. The largest absolute Gasteiger partial charge is 0.474 e. The molecule has 1 aliphatic carbocycles. The van der Waals surface area contributed by atoms with E-state index in [1.807, 2.05) is 6.07 Å². The van der Waals surface area contributed by atoms with Gasteiger partial charge in [0.25, 0.3) is 0 Å². The minimum Gasteiger partial charge on any atom is -0.474 e. The molecule has 0 unspecified atom stereocenters. The van der Waals surface area contributed by atoms with Crippen LogP contribution in [0.1, 0.15) is 50.4 Å². The summed E-state index contributed by atoms with van der Waals surface area (Å²) in [5.41, 5.74) is 2.99. The number of ether oxygens (including phenoxy) is 1. The number of benzene rings is 1. The molecule has 0 spiro atoms. The average molecular weight is 491 g/mol. The van der Waals surface area contributed by atoms with Gasteiger partial charge in [-0.1, -0.05) is 32.9 Å². The molecule has 0 bridgehead atoms. The smallest absolute Gasteiger partial charge is 0.242 e. The third-order valence-electron chi connectivity index (χ3n) is 7.01. The van der Waals surface area contributed by atoms with Crippen LogP contribution in [0.4, 0.5) is 10.1 Å². The Morgan fingerprint density at radius 3 is 2.52 bits per heavy atom. The van der Waals surface area contributed by atoms with Crippen molar-refractivity contribution in [3.63, 3.8) is 0 Å². The monoisotopic (exact) mass is 490 g/mol. The number of fused-ring (bicyclic) bond motifs is 1. The van der Waals surface area contributed by atoms with Gasteiger partial charge in [-0.2, -0.15) is 0 Å². The first-order valence-corrected chi connectivity index (χ1v) is 14.9. The third-order valence-corrected chi connectivity index (χ3v) is 11.7. The van der Waals surface area contributed by atoms with Gasteiger partial charge in [0.05, 0.1) is 17.8 Å². The number of carbonyl (C=O) groups is 1. The summed E-state index contributed by atoms with van der Waals surface area (Å²) in [4.78, 5) is 19.1. The lowest BCUT2D eigenvalue weighted by Gasteiger charge is -2.40.